The maximum atomic E-state index is 11.6. The second kappa shape index (κ2) is 8.40. The molecule has 88 valence electrons. The average molecular weight is 233 g/mol. The van der Waals surface area contributed by atoms with Gasteiger partial charge in [0.1, 0.15) is 6.04 Å². The summed E-state index contributed by atoms with van der Waals surface area (Å²) in [5.74, 6) is 0.648. The van der Waals surface area contributed by atoms with E-state index in [1.54, 1.807) is 11.8 Å². The van der Waals surface area contributed by atoms with Crippen LogP contribution in [0.5, 0.6) is 0 Å². The Hall–Kier alpha value is -0.910. The third-order valence-corrected chi connectivity index (χ3v) is 2.44. The zero-order chi connectivity index (χ0) is 11.7. The van der Waals surface area contributed by atoms with Crippen molar-refractivity contribution in [2.24, 2.45) is 5.73 Å². The zero-order valence-electron chi connectivity index (χ0n) is 9.21. The number of amides is 3. The van der Waals surface area contributed by atoms with Crippen LogP contribution in [0, 0.1) is 0 Å². The van der Waals surface area contributed by atoms with Gasteiger partial charge in [-0.05, 0) is 24.9 Å². The molecule has 5 nitrogen and oxygen atoms in total. The molecule has 0 spiro atoms. The van der Waals surface area contributed by atoms with Crippen molar-refractivity contribution in [3.05, 3.63) is 0 Å². The quantitative estimate of drug-likeness (QED) is 0.591. The Balaban J connectivity index is 4.07. The van der Waals surface area contributed by atoms with Gasteiger partial charge >= 0.3 is 6.03 Å². The maximum absolute atomic E-state index is 11.6. The number of hydrogen-bond acceptors (Lipinski definition) is 3. The van der Waals surface area contributed by atoms with Gasteiger partial charge in [-0.25, -0.2) is 4.79 Å². The lowest BCUT2D eigenvalue weighted by Crippen LogP contribution is -2.49. The van der Waals surface area contributed by atoms with Gasteiger partial charge in [-0.2, -0.15) is 11.8 Å². The minimum absolute atomic E-state index is 0.162. The van der Waals surface area contributed by atoms with Crippen molar-refractivity contribution < 1.29 is 9.59 Å². The number of nitrogens with two attached hydrogens (primary N) is 1. The molecular weight excluding hydrogens is 214 g/mol. The largest absolute Gasteiger partial charge is 0.354 e. The first-order valence-corrected chi connectivity index (χ1v) is 6.33. The molecule has 0 saturated heterocycles. The van der Waals surface area contributed by atoms with E-state index in [0.717, 1.165) is 12.2 Å². The number of hydrogen-bond donors (Lipinski definition) is 3. The topological polar surface area (TPSA) is 84.2 Å². The number of primary amides is 1. The summed E-state index contributed by atoms with van der Waals surface area (Å²) >= 11 is 1.63. The summed E-state index contributed by atoms with van der Waals surface area (Å²) in [4.78, 5) is 22.2. The molecule has 0 fully saturated rings. The Bertz CT molecular complexity index is 212. The van der Waals surface area contributed by atoms with Crippen LogP contribution in [-0.4, -0.2) is 36.5 Å². The highest BCUT2D eigenvalue weighted by atomic mass is 32.2. The highest BCUT2D eigenvalue weighted by Gasteiger charge is 2.18. The van der Waals surface area contributed by atoms with E-state index in [2.05, 4.69) is 10.6 Å². The Morgan fingerprint density at radius 3 is 2.60 bits per heavy atom. The number of carbonyl (C=O) groups excluding carboxylic acids is 2. The van der Waals surface area contributed by atoms with Crippen molar-refractivity contribution >= 4 is 23.7 Å². The van der Waals surface area contributed by atoms with Gasteiger partial charge in [0.05, 0.1) is 0 Å². The zero-order valence-corrected chi connectivity index (χ0v) is 10.0. The smallest absolute Gasteiger partial charge is 0.312 e. The SMILES string of the molecule is CCCNC(=O)C(CCSC)NC(N)=O. The van der Waals surface area contributed by atoms with Crippen LogP contribution in [0.25, 0.3) is 0 Å². The Labute approximate surface area is 94.5 Å². The van der Waals surface area contributed by atoms with Gasteiger partial charge < -0.3 is 16.4 Å². The minimum Gasteiger partial charge on any atom is -0.354 e. The van der Waals surface area contributed by atoms with Crippen LogP contribution in [0.2, 0.25) is 0 Å². The summed E-state index contributed by atoms with van der Waals surface area (Å²) in [5, 5.41) is 5.17. The summed E-state index contributed by atoms with van der Waals surface area (Å²) < 4.78 is 0. The van der Waals surface area contributed by atoms with Gasteiger partial charge in [-0.1, -0.05) is 6.92 Å². The van der Waals surface area contributed by atoms with Gasteiger partial charge in [0.15, 0.2) is 0 Å². The Morgan fingerprint density at radius 2 is 2.13 bits per heavy atom. The van der Waals surface area contributed by atoms with Gasteiger partial charge in [-0.15, -0.1) is 0 Å². The molecule has 4 N–H and O–H groups in total. The van der Waals surface area contributed by atoms with E-state index in [0.29, 0.717) is 13.0 Å². The van der Waals surface area contributed by atoms with E-state index in [1.807, 2.05) is 13.2 Å². The Kier molecular flexibility index (Phi) is 7.89. The van der Waals surface area contributed by atoms with E-state index in [4.69, 9.17) is 5.73 Å². The average Bonchev–Trinajstić information content (AvgIpc) is 2.20. The van der Waals surface area contributed by atoms with Gasteiger partial charge in [0.25, 0.3) is 0 Å². The lowest BCUT2D eigenvalue weighted by Gasteiger charge is -2.16. The van der Waals surface area contributed by atoms with Crippen LogP contribution < -0.4 is 16.4 Å². The molecule has 1 unspecified atom stereocenters. The molecule has 0 bridgehead atoms. The van der Waals surface area contributed by atoms with Crippen molar-refractivity contribution in [1.82, 2.24) is 10.6 Å². The van der Waals surface area contributed by atoms with E-state index in [1.165, 1.54) is 0 Å². The van der Waals surface area contributed by atoms with E-state index < -0.39 is 12.1 Å². The van der Waals surface area contributed by atoms with Crippen LogP contribution in [0.4, 0.5) is 4.79 Å². The highest BCUT2D eigenvalue weighted by Crippen LogP contribution is 2.00. The fraction of sp³-hybridized carbons (Fsp3) is 0.778. The first kappa shape index (κ1) is 14.1. The second-order valence-electron chi connectivity index (χ2n) is 3.13. The number of carbonyl (C=O) groups is 2. The third kappa shape index (κ3) is 7.07. The number of thioether (sulfide) groups is 1. The molecule has 1 atom stereocenters. The molecule has 0 aromatic carbocycles. The van der Waals surface area contributed by atoms with Crippen molar-refractivity contribution in [2.75, 3.05) is 18.6 Å². The number of rotatable bonds is 7. The van der Waals surface area contributed by atoms with E-state index in [-0.39, 0.29) is 5.91 Å². The molecule has 0 aromatic heterocycles. The molecule has 0 heterocycles. The van der Waals surface area contributed by atoms with E-state index >= 15 is 0 Å². The molecule has 0 aliphatic rings. The summed E-state index contributed by atoms with van der Waals surface area (Å²) in [5.41, 5.74) is 4.99. The van der Waals surface area contributed by atoms with Crippen LogP contribution in [-0.2, 0) is 4.79 Å². The van der Waals surface area contributed by atoms with Gasteiger partial charge in [0.2, 0.25) is 5.91 Å². The lowest BCUT2D eigenvalue weighted by molar-refractivity contribution is -0.122. The summed E-state index contributed by atoms with van der Waals surface area (Å²) in [6.45, 7) is 2.59. The molecule has 0 aliphatic carbocycles. The monoisotopic (exact) mass is 233 g/mol. The normalized spacial score (nSPS) is 11.9. The summed E-state index contributed by atoms with van der Waals surface area (Å²) in [6.07, 6.45) is 3.42. The van der Waals surface area contributed by atoms with E-state index in [9.17, 15) is 9.59 Å². The van der Waals surface area contributed by atoms with Gasteiger partial charge in [0, 0.05) is 6.54 Å². The van der Waals surface area contributed by atoms with Crippen LogP contribution in [0.3, 0.4) is 0 Å². The summed E-state index contributed by atoms with van der Waals surface area (Å²) in [7, 11) is 0. The predicted octanol–water partition coefficient (Wildman–Crippen LogP) is 0.303. The van der Waals surface area contributed by atoms with Crippen molar-refractivity contribution in [1.29, 1.82) is 0 Å². The van der Waals surface area contributed by atoms with Crippen molar-refractivity contribution in [2.45, 2.75) is 25.8 Å². The molecule has 6 heteroatoms. The van der Waals surface area contributed by atoms with Crippen molar-refractivity contribution in [3.8, 4) is 0 Å². The lowest BCUT2D eigenvalue weighted by atomic mass is 10.2. The second-order valence-corrected chi connectivity index (χ2v) is 4.12. The highest BCUT2D eigenvalue weighted by molar-refractivity contribution is 7.98. The minimum atomic E-state index is -0.659. The number of urea groups is 1. The molecule has 3 amide bonds. The van der Waals surface area contributed by atoms with Gasteiger partial charge in [-0.3, -0.25) is 4.79 Å². The molecule has 0 aromatic rings. The molecule has 0 rings (SSSR count). The molecule has 0 saturated carbocycles. The molecular formula is C9H19N3O2S. The first-order valence-electron chi connectivity index (χ1n) is 4.94. The third-order valence-electron chi connectivity index (χ3n) is 1.79. The molecule has 0 aliphatic heterocycles. The predicted molar refractivity (Wildman–Crippen MR) is 62.8 cm³/mol. The number of nitrogens with one attached hydrogen (secondary N) is 2. The van der Waals surface area contributed by atoms with Crippen LogP contribution in [0.15, 0.2) is 0 Å². The standard InChI is InChI=1S/C9H19N3O2S/c1-3-5-11-8(13)7(4-6-15-2)12-9(10)14/h7H,3-6H2,1-2H3,(H,11,13)(H3,10,12,14). The maximum Gasteiger partial charge on any atom is 0.312 e. The van der Waals surface area contributed by atoms with Crippen LogP contribution in [0.1, 0.15) is 19.8 Å². The van der Waals surface area contributed by atoms with Crippen LogP contribution >= 0.6 is 11.8 Å². The molecule has 15 heavy (non-hydrogen) atoms. The first-order chi connectivity index (χ1) is 7.11. The van der Waals surface area contributed by atoms with Crippen molar-refractivity contribution in [3.63, 3.8) is 0 Å². The Morgan fingerprint density at radius 1 is 1.47 bits per heavy atom. The summed E-state index contributed by atoms with van der Waals surface area (Å²) in [6, 6.07) is -1.17. The fourth-order valence-electron chi connectivity index (χ4n) is 1.05. The molecule has 0 radical (unpaired) electrons. The fourth-order valence-corrected chi connectivity index (χ4v) is 1.52.